The smallest absolute Gasteiger partial charge is 0.272 e. The molecule has 0 spiro atoms. The Morgan fingerprint density at radius 3 is 2.64 bits per heavy atom. The molecule has 2 rings (SSSR count). The Morgan fingerprint density at radius 1 is 1.27 bits per heavy atom. The number of aryl methyl sites for hydroxylation is 1. The summed E-state index contributed by atoms with van der Waals surface area (Å²) in [7, 11) is 0. The summed E-state index contributed by atoms with van der Waals surface area (Å²) >= 11 is 3.31. The van der Waals surface area contributed by atoms with Crippen molar-refractivity contribution in [2.45, 2.75) is 20.4 Å². The highest BCUT2D eigenvalue weighted by molar-refractivity contribution is 9.10. The number of nitrogens with zero attached hydrogens (tertiary/aromatic N) is 1. The van der Waals surface area contributed by atoms with Crippen molar-refractivity contribution in [2.24, 2.45) is 0 Å². The van der Waals surface area contributed by atoms with Crippen LogP contribution in [0.5, 0.6) is 0 Å². The number of halogens is 2. The Labute approximate surface area is 135 Å². The molecule has 7 heteroatoms. The van der Waals surface area contributed by atoms with E-state index in [1.165, 1.54) is 25.1 Å². The van der Waals surface area contributed by atoms with Gasteiger partial charge in [0.25, 0.3) is 5.91 Å². The Hall–Kier alpha value is -2.15. The van der Waals surface area contributed by atoms with E-state index in [2.05, 4.69) is 26.6 Å². The van der Waals surface area contributed by atoms with E-state index in [4.69, 9.17) is 0 Å². The lowest BCUT2D eigenvalue weighted by atomic mass is 10.2. The summed E-state index contributed by atoms with van der Waals surface area (Å²) in [6.07, 6.45) is 1.78. The molecule has 0 aliphatic carbocycles. The van der Waals surface area contributed by atoms with Crippen LogP contribution in [-0.4, -0.2) is 16.4 Å². The van der Waals surface area contributed by atoms with E-state index in [9.17, 15) is 14.0 Å². The minimum absolute atomic E-state index is 0.0104. The van der Waals surface area contributed by atoms with Crippen molar-refractivity contribution in [3.63, 3.8) is 0 Å². The third-order valence-corrected chi connectivity index (χ3v) is 3.41. The lowest BCUT2D eigenvalue weighted by Crippen LogP contribution is -2.17. The topological polar surface area (TPSA) is 63.1 Å². The fourth-order valence-corrected chi connectivity index (χ4v) is 2.48. The lowest BCUT2D eigenvalue weighted by molar-refractivity contribution is -0.114. The first-order chi connectivity index (χ1) is 10.4. The number of amides is 2. The van der Waals surface area contributed by atoms with Gasteiger partial charge in [0, 0.05) is 29.8 Å². The molecule has 0 saturated carbocycles. The van der Waals surface area contributed by atoms with Crippen molar-refractivity contribution in [1.29, 1.82) is 0 Å². The molecule has 0 unspecified atom stereocenters. The lowest BCUT2D eigenvalue weighted by Gasteiger charge is -2.10. The molecule has 0 atom stereocenters. The molecule has 0 saturated heterocycles. The second-order valence-corrected chi connectivity index (χ2v) is 5.58. The van der Waals surface area contributed by atoms with E-state index in [1.807, 2.05) is 6.92 Å². The first kappa shape index (κ1) is 16.2. The number of hydrogen-bond donors (Lipinski definition) is 2. The van der Waals surface area contributed by atoms with Crippen LogP contribution < -0.4 is 10.6 Å². The fourth-order valence-electron chi connectivity index (χ4n) is 2.02. The molecule has 0 radical (unpaired) electrons. The maximum atomic E-state index is 13.8. The van der Waals surface area contributed by atoms with Gasteiger partial charge in [-0.2, -0.15) is 0 Å². The van der Waals surface area contributed by atoms with Gasteiger partial charge < -0.3 is 15.2 Å². The highest BCUT2D eigenvalue weighted by Gasteiger charge is 2.15. The average molecular weight is 368 g/mol. The monoisotopic (exact) mass is 367 g/mol. The molecule has 0 aliphatic rings. The van der Waals surface area contributed by atoms with Gasteiger partial charge in [-0.3, -0.25) is 9.59 Å². The van der Waals surface area contributed by atoms with Gasteiger partial charge in [-0.1, -0.05) is 0 Å². The predicted octanol–water partition coefficient (Wildman–Crippen LogP) is 3.62. The van der Waals surface area contributed by atoms with Crippen LogP contribution in [0, 0.1) is 5.82 Å². The zero-order valence-electron chi connectivity index (χ0n) is 12.1. The normalized spacial score (nSPS) is 10.4. The maximum Gasteiger partial charge on any atom is 0.272 e. The van der Waals surface area contributed by atoms with Crippen LogP contribution in [0.25, 0.3) is 0 Å². The Bertz CT molecular complexity index is 728. The summed E-state index contributed by atoms with van der Waals surface area (Å²) in [6.45, 7) is 3.87. The summed E-state index contributed by atoms with van der Waals surface area (Å²) in [5.41, 5.74) is 0.839. The van der Waals surface area contributed by atoms with E-state index < -0.39 is 11.7 Å². The third-order valence-electron chi connectivity index (χ3n) is 2.97. The highest BCUT2D eigenvalue weighted by atomic mass is 79.9. The van der Waals surface area contributed by atoms with Crippen LogP contribution in [0.2, 0.25) is 0 Å². The highest BCUT2D eigenvalue weighted by Crippen LogP contribution is 2.22. The molecule has 2 N–H and O–H groups in total. The molecular weight excluding hydrogens is 353 g/mol. The Balaban J connectivity index is 2.25. The fraction of sp³-hybridized carbons (Fsp3) is 0.200. The van der Waals surface area contributed by atoms with Gasteiger partial charge in [0.1, 0.15) is 11.5 Å². The van der Waals surface area contributed by atoms with Crippen LogP contribution in [-0.2, 0) is 11.3 Å². The average Bonchev–Trinajstić information content (AvgIpc) is 2.83. The van der Waals surface area contributed by atoms with Crippen LogP contribution in [0.3, 0.4) is 0 Å². The Morgan fingerprint density at radius 2 is 2.00 bits per heavy atom. The molecule has 1 aromatic heterocycles. The molecule has 1 aromatic carbocycles. The summed E-state index contributed by atoms with van der Waals surface area (Å²) in [4.78, 5) is 23.3. The molecule has 0 bridgehead atoms. The van der Waals surface area contributed by atoms with Gasteiger partial charge in [0.15, 0.2) is 0 Å². The summed E-state index contributed by atoms with van der Waals surface area (Å²) < 4.78 is 16.3. The van der Waals surface area contributed by atoms with Crippen LogP contribution in [0.15, 0.2) is 34.9 Å². The van der Waals surface area contributed by atoms with Crippen molar-refractivity contribution in [2.75, 3.05) is 10.6 Å². The number of anilines is 2. The van der Waals surface area contributed by atoms with E-state index in [0.29, 0.717) is 17.9 Å². The molecular formula is C15H15BrFN3O2. The first-order valence-corrected chi connectivity index (χ1v) is 7.44. The zero-order valence-corrected chi connectivity index (χ0v) is 13.7. The number of nitrogens with one attached hydrogen (secondary N) is 2. The number of benzene rings is 1. The van der Waals surface area contributed by atoms with Crippen LogP contribution in [0.1, 0.15) is 24.3 Å². The van der Waals surface area contributed by atoms with E-state index >= 15 is 0 Å². The molecule has 0 fully saturated rings. The maximum absolute atomic E-state index is 13.8. The van der Waals surface area contributed by atoms with Crippen LogP contribution >= 0.6 is 15.9 Å². The van der Waals surface area contributed by atoms with Gasteiger partial charge in [-0.05, 0) is 47.1 Å². The number of hydrogen-bond acceptors (Lipinski definition) is 2. The minimum atomic E-state index is -0.573. The van der Waals surface area contributed by atoms with Gasteiger partial charge in [0.05, 0.1) is 5.69 Å². The van der Waals surface area contributed by atoms with Gasteiger partial charge >= 0.3 is 0 Å². The summed E-state index contributed by atoms with van der Waals surface area (Å²) in [5, 5.41) is 5.06. The van der Waals surface area contributed by atoms with Gasteiger partial charge in [0.2, 0.25) is 5.91 Å². The van der Waals surface area contributed by atoms with Crippen molar-refractivity contribution < 1.29 is 14.0 Å². The second-order valence-electron chi connectivity index (χ2n) is 4.66. The molecule has 5 nitrogen and oxygen atoms in total. The summed E-state index contributed by atoms with van der Waals surface area (Å²) in [5.74, 6) is -1.27. The number of carbonyl (C=O) groups excluding carboxylic acids is 2. The van der Waals surface area contributed by atoms with E-state index in [0.717, 1.165) is 4.47 Å². The van der Waals surface area contributed by atoms with Crippen molar-refractivity contribution in [3.8, 4) is 0 Å². The molecule has 2 aromatic rings. The SMILES string of the molecule is CCn1cc(Br)cc1C(=O)Nc1cc(NC(C)=O)ccc1F. The van der Waals surface area contributed by atoms with Crippen molar-refractivity contribution >= 4 is 39.1 Å². The van der Waals surface area contributed by atoms with Gasteiger partial charge in [-0.25, -0.2) is 4.39 Å². The molecule has 22 heavy (non-hydrogen) atoms. The zero-order chi connectivity index (χ0) is 16.3. The van der Waals surface area contributed by atoms with Crippen LogP contribution in [0.4, 0.5) is 15.8 Å². The molecule has 2 amide bonds. The molecule has 0 aliphatic heterocycles. The number of carbonyl (C=O) groups is 2. The number of rotatable bonds is 4. The molecule has 1 heterocycles. The predicted molar refractivity (Wildman–Crippen MR) is 86.5 cm³/mol. The standard InChI is InChI=1S/C15H15BrFN3O2/c1-3-20-8-10(16)6-14(20)15(22)19-13-7-11(18-9(2)21)4-5-12(13)17/h4-8H,3H2,1-2H3,(H,18,21)(H,19,22). The molecule has 116 valence electrons. The van der Waals surface area contributed by atoms with E-state index in [1.54, 1.807) is 16.8 Å². The largest absolute Gasteiger partial charge is 0.343 e. The number of aromatic nitrogens is 1. The quantitative estimate of drug-likeness (QED) is 0.866. The Kier molecular flexibility index (Phi) is 4.97. The van der Waals surface area contributed by atoms with E-state index in [-0.39, 0.29) is 11.6 Å². The summed E-state index contributed by atoms with van der Waals surface area (Å²) in [6, 6.07) is 5.66. The third kappa shape index (κ3) is 3.73. The first-order valence-electron chi connectivity index (χ1n) is 6.65. The van der Waals surface area contributed by atoms with Crippen molar-refractivity contribution in [3.05, 3.63) is 46.4 Å². The second kappa shape index (κ2) is 6.74. The van der Waals surface area contributed by atoms with Gasteiger partial charge in [-0.15, -0.1) is 0 Å². The van der Waals surface area contributed by atoms with Crippen molar-refractivity contribution in [1.82, 2.24) is 4.57 Å². The minimum Gasteiger partial charge on any atom is -0.343 e.